The van der Waals surface area contributed by atoms with Crippen LogP contribution in [0, 0.1) is 5.82 Å². The molecule has 0 saturated carbocycles. The molecule has 3 aromatic rings. The van der Waals surface area contributed by atoms with E-state index >= 15 is 0 Å². The number of amides is 4. The Labute approximate surface area is 198 Å². The summed E-state index contributed by atoms with van der Waals surface area (Å²) in [5.74, 6) is -1.58. The Balaban J connectivity index is 1.56. The number of barbiturate groups is 1. The van der Waals surface area contributed by atoms with Crippen LogP contribution in [0.2, 0.25) is 10.0 Å². The second-order valence-electron chi connectivity index (χ2n) is 7.04. The van der Waals surface area contributed by atoms with E-state index in [2.05, 4.69) is 5.32 Å². The number of rotatable bonds is 5. The zero-order valence-corrected chi connectivity index (χ0v) is 18.4. The van der Waals surface area contributed by atoms with Gasteiger partial charge in [-0.3, -0.25) is 14.9 Å². The van der Waals surface area contributed by atoms with Crippen LogP contribution in [0.1, 0.15) is 11.1 Å². The molecule has 1 aliphatic rings. The summed E-state index contributed by atoms with van der Waals surface area (Å²) in [5.41, 5.74) is 1.19. The normalized spacial score (nSPS) is 15.1. The van der Waals surface area contributed by atoms with Crippen LogP contribution in [-0.4, -0.2) is 17.8 Å². The van der Waals surface area contributed by atoms with Gasteiger partial charge in [-0.15, -0.1) is 0 Å². The van der Waals surface area contributed by atoms with Crippen LogP contribution in [0.3, 0.4) is 0 Å². The minimum Gasteiger partial charge on any atom is -0.487 e. The Hall–Kier alpha value is -3.68. The van der Waals surface area contributed by atoms with Crippen molar-refractivity contribution in [3.8, 4) is 5.75 Å². The molecule has 0 aliphatic carbocycles. The van der Waals surface area contributed by atoms with Crippen molar-refractivity contribution in [3.05, 3.63) is 99.3 Å². The van der Waals surface area contributed by atoms with E-state index in [0.29, 0.717) is 16.3 Å². The van der Waals surface area contributed by atoms with Crippen LogP contribution in [-0.2, 0) is 16.2 Å². The van der Waals surface area contributed by atoms with Gasteiger partial charge in [-0.05, 0) is 59.7 Å². The molecule has 0 unspecified atom stereocenters. The minimum atomic E-state index is -0.869. The third-order valence-corrected chi connectivity index (χ3v) is 5.27. The Morgan fingerprint density at radius 1 is 0.970 bits per heavy atom. The van der Waals surface area contributed by atoms with E-state index in [1.165, 1.54) is 36.4 Å². The molecule has 0 aromatic heterocycles. The van der Waals surface area contributed by atoms with Crippen LogP contribution in [0.15, 0.2) is 72.3 Å². The molecule has 1 N–H and O–H groups in total. The van der Waals surface area contributed by atoms with Gasteiger partial charge in [-0.1, -0.05) is 47.5 Å². The van der Waals surface area contributed by atoms with E-state index in [9.17, 15) is 18.8 Å². The number of ether oxygens (including phenoxy) is 1. The zero-order valence-electron chi connectivity index (χ0n) is 16.8. The summed E-state index contributed by atoms with van der Waals surface area (Å²) >= 11 is 12.3. The number of imide groups is 2. The first-order chi connectivity index (χ1) is 15.8. The molecule has 0 bridgehead atoms. The number of nitrogens with one attached hydrogen (secondary N) is 1. The van der Waals surface area contributed by atoms with Crippen molar-refractivity contribution in [2.24, 2.45) is 0 Å². The second-order valence-corrected chi connectivity index (χ2v) is 7.89. The monoisotopic (exact) mass is 484 g/mol. The predicted molar refractivity (Wildman–Crippen MR) is 123 cm³/mol. The standard InChI is InChI=1S/C24H15Cl2FN2O4/c25-16-2-1-3-18(12-16)29-23(31)19(22(30)28-24(29)32)10-15-6-9-21(20(26)11-15)33-13-14-4-7-17(27)8-5-14/h1-12H,13H2,(H,28,30,32)/b19-10+. The largest absolute Gasteiger partial charge is 0.487 e. The van der Waals surface area contributed by atoms with Crippen molar-refractivity contribution >= 4 is 52.8 Å². The predicted octanol–water partition coefficient (Wildman–Crippen LogP) is 5.38. The van der Waals surface area contributed by atoms with Gasteiger partial charge >= 0.3 is 6.03 Å². The first kappa shape index (κ1) is 22.5. The van der Waals surface area contributed by atoms with Crippen LogP contribution >= 0.6 is 23.2 Å². The maximum atomic E-state index is 13.0. The topological polar surface area (TPSA) is 75.7 Å². The molecule has 0 radical (unpaired) electrons. The quantitative estimate of drug-likeness (QED) is 0.389. The summed E-state index contributed by atoms with van der Waals surface area (Å²) in [4.78, 5) is 38.4. The third kappa shape index (κ3) is 5.05. The van der Waals surface area contributed by atoms with E-state index < -0.39 is 17.8 Å². The Morgan fingerprint density at radius 2 is 1.73 bits per heavy atom. The van der Waals surface area contributed by atoms with Crippen LogP contribution in [0.25, 0.3) is 6.08 Å². The second kappa shape index (κ2) is 9.44. The minimum absolute atomic E-state index is 0.179. The molecular formula is C24H15Cl2FN2O4. The molecule has 9 heteroatoms. The highest BCUT2D eigenvalue weighted by molar-refractivity contribution is 6.39. The Kier molecular flexibility index (Phi) is 6.44. The first-order valence-electron chi connectivity index (χ1n) is 9.65. The van der Waals surface area contributed by atoms with Gasteiger partial charge < -0.3 is 4.74 Å². The van der Waals surface area contributed by atoms with Crippen molar-refractivity contribution in [1.29, 1.82) is 0 Å². The van der Waals surface area contributed by atoms with Crippen LogP contribution in [0.5, 0.6) is 5.75 Å². The summed E-state index contributed by atoms with van der Waals surface area (Å²) in [5, 5.41) is 2.73. The molecule has 0 spiro atoms. The molecule has 1 fully saturated rings. The lowest BCUT2D eigenvalue weighted by Gasteiger charge is -2.26. The zero-order chi connectivity index (χ0) is 23.5. The molecule has 0 atom stereocenters. The lowest BCUT2D eigenvalue weighted by atomic mass is 10.1. The first-order valence-corrected chi connectivity index (χ1v) is 10.4. The number of nitrogens with zero attached hydrogens (tertiary/aromatic N) is 1. The molecule has 6 nitrogen and oxygen atoms in total. The molecule has 4 rings (SSSR count). The van der Waals surface area contributed by atoms with Crippen LogP contribution in [0.4, 0.5) is 14.9 Å². The van der Waals surface area contributed by atoms with Crippen molar-refractivity contribution in [1.82, 2.24) is 5.32 Å². The van der Waals surface area contributed by atoms with Gasteiger partial charge in [0.15, 0.2) is 0 Å². The molecule has 166 valence electrons. The van der Waals surface area contributed by atoms with Gasteiger partial charge in [-0.2, -0.15) is 0 Å². The summed E-state index contributed by atoms with van der Waals surface area (Å²) < 4.78 is 18.7. The van der Waals surface area contributed by atoms with Gasteiger partial charge in [0.25, 0.3) is 11.8 Å². The highest BCUT2D eigenvalue weighted by atomic mass is 35.5. The fraction of sp³-hybridized carbons (Fsp3) is 0.0417. The summed E-state index contributed by atoms with van der Waals surface area (Å²) in [6.07, 6.45) is 1.33. The summed E-state index contributed by atoms with van der Waals surface area (Å²) in [6.45, 7) is 0.179. The van der Waals surface area contributed by atoms with E-state index in [0.717, 1.165) is 10.5 Å². The molecule has 33 heavy (non-hydrogen) atoms. The molecule has 1 aliphatic heterocycles. The van der Waals surface area contributed by atoms with Crippen LogP contribution < -0.4 is 15.0 Å². The highest BCUT2D eigenvalue weighted by Crippen LogP contribution is 2.29. The van der Waals surface area contributed by atoms with Crippen molar-refractivity contribution in [3.63, 3.8) is 0 Å². The molecule has 3 aromatic carbocycles. The molecule has 4 amide bonds. The smallest absolute Gasteiger partial charge is 0.335 e. The summed E-state index contributed by atoms with van der Waals surface area (Å²) in [7, 11) is 0. The SMILES string of the molecule is O=C1NC(=O)N(c2cccc(Cl)c2)C(=O)/C1=C/c1ccc(OCc2ccc(F)cc2)c(Cl)c1. The highest BCUT2D eigenvalue weighted by Gasteiger charge is 2.36. The summed E-state index contributed by atoms with van der Waals surface area (Å²) in [6, 6.07) is 15.9. The van der Waals surface area contributed by atoms with E-state index in [4.69, 9.17) is 27.9 Å². The molecule has 1 heterocycles. The Morgan fingerprint density at radius 3 is 2.42 bits per heavy atom. The Bertz CT molecular complexity index is 1290. The van der Waals surface area contributed by atoms with Gasteiger partial charge in [0.1, 0.15) is 23.7 Å². The lowest BCUT2D eigenvalue weighted by molar-refractivity contribution is -0.122. The number of carbonyl (C=O) groups is 3. The van der Waals surface area contributed by atoms with E-state index in [-0.39, 0.29) is 28.7 Å². The fourth-order valence-electron chi connectivity index (χ4n) is 3.14. The fourth-order valence-corrected chi connectivity index (χ4v) is 3.57. The van der Waals surface area contributed by atoms with Gasteiger partial charge in [0.05, 0.1) is 10.7 Å². The van der Waals surface area contributed by atoms with Crippen molar-refractivity contribution in [2.75, 3.05) is 4.90 Å². The van der Waals surface area contributed by atoms with Gasteiger partial charge in [0, 0.05) is 5.02 Å². The third-order valence-electron chi connectivity index (χ3n) is 4.74. The van der Waals surface area contributed by atoms with E-state index in [1.807, 2.05) is 0 Å². The van der Waals surface area contributed by atoms with Gasteiger partial charge in [0.2, 0.25) is 0 Å². The average Bonchev–Trinajstić information content (AvgIpc) is 2.77. The number of urea groups is 1. The maximum Gasteiger partial charge on any atom is 0.335 e. The van der Waals surface area contributed by atoms with Crippen molar-refractivity contribution in [2.45, 2.75) is 6.61 Å². The maximum absolute atomic E-state index is 13.0. The van der Waals surface area contributed by atoms with E-state index in [1.54, 1.807) is 36.4 Å². The number of hydrogen-bond acceptors (Lipinski definition) is 4. The molecular weight excluding hydrogens is 470 g/mol. The molecule has 1 saturated heterocycles. The number of anilines is 1. The number of halogens is 3. The number of carbonyl (C=O) groups excluding carboxylic acids is 3. The number of hydrogen-bond donors (Lipinski definition) is 1. The number of benzene rings is 3. The van der Waals surface area contributed by atoms with Crippen molar-refractivity contribution < 1.29 is 23.5 Å². The van der Waals surface area contributed by atoms with Gasteiger partial charge in [-0.25, -0.2) is 14.1 Å². The lowest BCUT2D eigenvalue weighted by Crippen LogP contribution is -2.54. The average molecular weight is 485 g/mol.